The first kappa shape index (κ1) is 12.2. The van der Waals surface area contributed by atoms with E-state index in [1.807, 2.05) is 35.2 Å². The van der Waals surface area contributed by atoms with E-state index in [4.69, 9.17) is 0 Å². The van der Waals surface area contributed by atoms with Gasteiger partial charge in [-0.3, -0.25) is 9.59 Å². The average molecular weight is 249 g/mol. The zero-order valence-electron chi connectivity index (χ0n) is 9.50. The van der Waals surface area contributed by atoms with Crippen LogP contribution >= 0.6 is 12.6 Å². The van der Waals surface area contributed by atoms with E-state index < -0.39 is 0 Å². The van der Waals surface area contributed by atoms with Gasteiger partial charge in [0, 0.05) is 24.6 Å². The van der Waals surface area contributed by atoms with Crippen molar-refractivity contribution in [1.29, 1.82) is 0 Å². The monoisotopic (exact) mass is 249 g/mol. The van der Waals surface area contributed by atoms with E-state index in [1.54, 1.807) is 0 Å². The van der Waals surface area contributed by atoms with Crippen molar-refractivity contribution < 1.29 is 9.59 Å². The summed E-state index contributed by atoms with van der Waals surface area (Å²) in [5, 5.41) is -0.0585. The molecule has 0 atom stereocenters. The summed E-state index contributed by atoms with van der Waals surface area (Å²) < 4.78 is 0. The predicted molar refractivity (Wildman–Crippen MR) is 69.1 cm³/mol. The van der Waals surface area contributed by atoms with Crippen LogP contribution in [0.5, 0.6) is 0 Å². The number of thiol groups is 1. The molecule has 17 heavy (non-hydrogen) atoms. The minimum absolute atomic E-state index is 0.0122. The van der Waals surface area contributed by atoms with Crippen LogP contribution in [0.4, 0.5) is 0 Å². The van der Waals surface area contributed by atoms with Crippen LogP contribution in [0.1, 0.15) is 23.2 Å². The number of hydrogen-bond acceptors (Lipinski definition) is 2. The number of amides is 1. The molecule has 1 saturated heterocycles. The number of rotatable bonds is 2. The molecule has 0 bridgehead atoms. The van der Waals surface area contributed by atoms with Crippen LogP contribution in [0.25, 0.3) is 0 Å². The van der Waals surface area contributed by atoms with Gasteiger partial charge in [0.1, 0.15) is 0 Å². The largest absolute Gasteiger partial charge is 0.339 e. The van der Waals surface area contributed by atoms with Crippen molar-refractivity contribution in [2.75, 3.05) is 13.1 Å². The Morgan fingerprint density at radius 1 is 1.12 bits per heavy atom. The molecule has 0 N–H and O–H groups in total. The van der Waals surface area contributed by atoms with E-state index in [2.05, 4.69) is 12.6 Å². The molecule has 90 valence electrons. The highest BCUT2D eigenvalue weighted by Crippen LogP contribution is 2.20. The maximum absolute atomic E-state index is 12.1. The smallest absolute Gasteiger partial charge is 0.253 e. The van der Waals surface area contributed by atoms with Gasteiger partial charge in [-0.1, -0.05) is 18.2 Å². The third-order valence-electron chi connectivity index (χ3n) is 3.15. The molecular formula is C13H15NO2S. The van der Waals surface area contributed by atoms with Gasteiger partial charge in [0.2, 0.25) is 0 Å². The summed E-state index contributed by atoms with van der Waals surface area (Å²) in [4.78, 5) is 25.0. The number of piperidine rings is 1. The Labute approximate surface area is 106 Å². The first-order chi connectivity index (χ1) is 8.18. The lowest BCUT2D eigenvalue weighted by molar-refractivity contribution is -0.115. The van der Waals surface area contributed by atoms with Gasteiger partial charge < -0.3 is 4.90 Å². The SMILES string of the molecule is O=C(S)C1CCN(C(=O)c2ccccc2)CC1. The van der Waals surface area contributed by atoms with E-state index in [9.17, 15) is 9.59 Å². The van der Waals surface area contributed by atoms with Gasteiger partial charge in [-0.25, -0.2) is 0 Å². The summed E-state index contributed by atoms with van der Waals surface area (Å²) in [5.41, 5.74) is 0.711. The molecule has 1 heterocycles. The Hall–Kier alpha value is -1.29. The summed E-state index contributed by atoms with van der Waals surface area (Å²) in [6, 6.07) is 9.24. The second-order valence-corrected chi connectivity index (χ2v) is 4.71. The topological polar surface area (TPSA) is 37.4 Å². The quantitative estimate of drug-likeness (QED) is 0.814. The van der Waals surface area contributed by atoms with Crippen LogP contribution < -0.4 is 0 Å². The van der Waals surface area contributed by atoms with Crippen molar-refractivity contribution in [3.63, 3.8) is 0 Å². The molecule has 0 aromatic heterocycles. The molecule has 1 aliphatic rings. The summed E-state index contributed by atoms with van der Waals surface area (Å²) in [5.74, 6) is 0.0637. The van der Waals surface area contributed by atoms with Gasteiger partial charge in [-0.15, -0.1) is 12.6 Å². The first-order valence-corrected chi connectivity index (χ1v) is 6.20. The van der Waals surface area contributed by atoms with Gasteiger partial charge in [0.15, 0.2) is 5.12 Å². The van der Waals surface area contributed by atoms with E-state index in [-0.39, 0.29) is 16.9 Å². The van der Waals surface area contributed by atoms with Crippen LogP contribution in [0, 0.1) is 5.92 Å². The Morgan fingerprint density at radius 2 is 1.71 bits per heavy atom. The molecule has 3 nitrogen and oxygen atoms in total. The van der Waals surface area contributed by atoms with Gasteiger partial charge in [0.05, 0.1) is 0 Å². The second-order valence-electron chi connectivity index (χ2n) is 4.27. The molecule has 0 unspecified atom stereocenters. The van der Waals surface area contributed by atoms with Crippen molar-refractivity contribution in [2.45, 2.75) is 12.8 Å². The number of carbonyl (C=O) groups is 2. The number of likely N-dealkylation sites (tertiary alicyclic amines) is 1. The fourth-order valence-electron chi connectivity index (χ4n) is 2.09. The summed E-state index contributed by atoms with van der Waals surface area (Å²) >= 11 is 3.85. The number of carbonyl (C=O) groups excluding carboxylic acids is 2. The highest BCUT2D eigenvalue weighted by molar-refractivity contribution is 7.96. The lowest BCUT2D eigenvalue weighted by Crippen LogP contribution is -2.39. The third-order valence-corrected chi connectivity index (χ3v) is 3.52. The van der Waals surface area contributed by atoms with Crippen LogP contribution in [0.2, 0.25) is 0 Å². The molecular weight excluding hydrogens is 234 g/mol. The van der Waals surface area contributed by atoms with Crippen molar-refractivity contribution >= 4 is 23.7 Å². The van der Waals surface area contributed by atoms with Crippen molar-refractivity contribution in [1.82, 2.24) is 4.90 Å². The average Bonchev–Trinajstić information content (AvgIpc) is 2.39. The number of hydrogen-bond donors (Lipinski definition) is 1. The maximum atomic E-state index is 12.1. The Kier molecular flexibility index (Phi) is 3.84. The molecule has 1 amide bonds. The van der Waals surface area contributed by atoms with Gasteiger partial charge >= 0.3 is 0 Å². The second kappa shape index (κ2) is 5.36. The van der Waals surface area contributed by atoms with Crippen molar-refractivity contribution in [3.8, 4) is 0 Å². The van der Waals surface area contributed by atoms with Crippen LogP contribution in [0.15, 0.2) is 30.3 Å². The zero-order valence-corrected chi connectivity index (χ0v) is 10.4. The normalized spacial score (nSPS) is 16.9. The van der Waals surface area contributed by atoms with Crippen molar-refractivity contribution in [3.05, 3.63) is 35.9 Å². The van der Waals surface area contributed by atoms with Crippen LogP contribution in [0.3, 0.4) is 0 Å². The Bertz CT molecular complexity index is 411. The van der Waals surface area contributed by atoms with E-state index >= 15 is 0 Å². The number of nitrogens with zero attached hydrogens (tertiary/aromatic N) is 1. The van der Waals surface area contributed by atoms with Crippen molar-refractivity contribution in [2.24, 2.45) is 5.92 Å². The fraction of sp³-hybridized carbons (Fsp3) is 0.385. The predicted octanol–water partition coefficient (Wildman–Crippen LogP) is 2.00. The Morgan fingerprint density at radius 3 is 2.24 bits per heavy atom. The van der Waals surface area contributed by atoms with Crippen LogP contribution in [-0.4, -0.2) is 29.0 Å². The fourth-order valence-corrected chi connectivity index (χ4v) is 2.35. The third kappa shape index (κ3) is 2.88. The summed E-state index contributed by atoms with van der Waals surface area (Å²) in [6.07, 6.45) is 1.45. The summed E-state index contributed by atoms with van der Waals surface area (Å²) in [6.45, 7) is 1.29. The maximum Gasteiger partial charge on any atom is 0.253 e. The van der Waals surface area contributed by atoms with Gasteiger partial charge in [-0.2, -0.15) is 0 Å². The van der Waals surface area contributed by atoms with E-state index in [0.717, 1.165) is 12.8 Å². The highest BCUT2D eigenvalue weighted by Gasteiger charge is 2.26. The van der Waals surface area contributed by atoms with E-state index in [0.29, 0.717) is 18.7 Å². The molecule has 2 rings (SSSR count). The van der Waals surface area contributed by atoms with Crippen LogP contribution in [-0.2, 0) is 4.79 Å². The minimum atomic E-state index is -0.0585. The molecule has 1 aliphatic heterocycles. The standard InChI is InChI=1S/C13H15NO2S/c15-12(10-4-2-1-3-5-10)14-8-6-11(7-9-14)13(16)17/h1-5,11H,6-9H2,(H,16,17). The Balaban J connectivity index is 1.98. The molecule has 0 aliphatic carbocycles. The molecule has 0 spiro atoms. The molecule has 1 aromatic carbocycles. The molecule has 0 saturated carbocycles. The minimum Gasteiger partial charge on any atom is -0.339 e. The molecule has 4 heteroatoms. The summed E-state index contributed by atoms with van der Waals surface area (Å²) in [7, 11) is 0. The van der Waals surface area contributed by atoms with E-state index in [1.165, 1.54) is 0 Å². The number of benzene rings is 1. The first-order valence-electron chi connectivity index (χ1n) is 5.75. The molecule has 0 radical (unpaired) electrons. The lowest BCUT2D eigenvalue weighted by atomic mass is 9.98. The van der Waals surface area contributed by atoms with Gasteiger partial charge in [-0.05, 0) is 25.0 Å². The lowest BCUT2D eigenvalue weighted by Gasteiger charge is -2.30. The zero-order chi connectivity index (χ0) is 12.3. The molecule has 1 fully saturated rings. The molecule has 1 aromatic rings. The van der Waals surface area contributed by atoms with Gasteiger partial charge in [0.25, 0.3) is 5.91 Å². The highest BCUT2D eigenvalue weighted by atomic mass is 32.1.